The van der Waals surface area contributed by atoms with Crippen LogP contribution in [0.3, 0.4) is 0 Å². The number of hydrogen-bond donors (Lipinski definition) is 4. The van der Waals surface area contributed by atoms with E-state index in [1.165, 1.54) is 0 Å². The summed E-state index contributed by atoms with van der Waals surface area (Å²) in [6.07, 6.45) is 0. The second-order valence-corrected chi connectivity index (χ2v) is 13.7. The van der Waals surface area contributed by atoms with E-state index in [9.17, 15) is 0 Å². The Balaban J connectivity index is 1.21. The second kappa shape index (κ2) is 18.1. The van der Waals surface area contributed by atoms with Crippen molar-refractivity contribution in [3.05, 3.63) is 133 Å². The summed E-state index contributed by atoms with van der Waals surface area (Å²) in [4.78, 5) is 2.28. The van der Waals surface area contributed by atoms with Crippen LogP contribution in [0.5, 0.6) is 23.0 Å². The highest BCUT2D eigenvalue weighted by atomic mass is 32.2. The quantitative estimate of drug-likeness (QED) is 0.0537. The maximum atomic E-state index is 5.39. The first-order valence-corrected chi connectivity index (χ1v) is 18.7. The highest BCUT2D eigenvalue weighted by molar-refractivity contribution is 8.03. The summed E-state index contributed by atoms with van der Waals surface area (Å²) >= 11 is 3.64. The minimum atomic E-state index is 0.811. The molecule has 4 N–H and O–H groups in total. The molecule has 0 unspecified atom stereocenters. The lowest BCUT2D eigenvalue weighted by Crippen LogP contribution is -2.01. The molecule has 0 fully saturated rings. The van der Waals surface area contributed by atoms with Crippen molar-refractivity contribution in [2.24, 2.45) is 0 Å². The Morgan fingerprint density at radius 3 is 0.942 bits per heavy atom. The van der Waals surface area contributed by atoms with E-state index in [2.05, 4.69) is 57.7 Å². The molecule has 0 bridgehead atoms. The zero-order valence-electron chi connectivity index (χ0n) is 29.6. The smallest absolute Gasteiger partial charge is 0.119 e. The van der Waals surface area contributed by atoms with Gasteiger partial charge in [0.05, 0.1) is 51.2 Å². The number of rotatable bonds is 17. The highest BCUT2D eigenvalue weighted by Crippen LogP contribution is 2.41. The molecule has 0 aliphatic rings. The van der Waals surface area contributed by atoms with Crippen LogP contribution in [0.1, 0.15) is 0 Å². The normalized spacial score (nSPS) is 10.6. The predicted molar refractivity (Wildman–Crippen MR) is 219 cm³/mol. The van der Waals surface area contributed by atoms with E-state index >= 15 is 0 Å². The summed E-state index contributed by atoms with van der Waals surface area (Å²) in [6.45, 7) is 0. The van der Waals surface area contributed by atoms with Crippen LogP contribution in [0.15, 0.2) is 143 Å². The molecule has 0 aromatic heterocycles. The van der Waals surface area contributed by atoms with E-state index in [1.807, 2.05) is 121 Å². The Labute approximate surface area is 314 Å². The first kappa shape index (κ1) is 36.2. The van der Waals surface area contributed by atoms with Gasteiger partial charge in [0.1, 0.15) is 23.0 Å². The molecule has 8 nitrogen and oxygen atoms in total. The van der Waals surface area contributed by atoms with Gasteiger partial charge in [-0.1, -0.05) is 12.1 Å². The lowest BCUT2D eigenvalue weighted by molar-refractivity contribution is 0.415. The van der Waals surface area contributed by atoms with E-state index in [1.54, 1.807) is 28.4 Å². The van der Waals surface area contributed by atoms with Crippen molar-refractivity contribution in [2.75, 3.05) is 61.2 Å². The fraction of sp³-hybridized carbons (Fsp3) is 0.143. The molecule has 0 heterocycles. The standard InChI is InChI=1S/C42H42N4O4S2/c1-47-33-19-11-29(12-20-33)43-37-7-5-9-39(41(37)45-31-15-23-35(49-3)24-16-31)51-27-28-52-40-10-6-8-38(44-30-13-21-34(48-2)22-14-30)42(40)46-32-17-25-36(50-4)26-18-32/h5-26,43-46H,27-28H2,1-4H3. The summed E-state index contributed by atoms with van der Waals surface area (Å²) in [5.74, 6) is 5.01. The van der Waals surface area contributed by atoms with Gasteiger partial charge in [-0.05, 0) is 121 Å². The number of methoxy groups -OCH3 is 4. The third-order valence-corrected chi connectivity index (χ3v) is 10.5. The van der Waals surface area contributed by atoms with Crippen LogP contribution in [0, 0.1) is 0 Å². The molecule has 52 heavy (non-hydrogen) atoms. The molecule has 0 spiro atoms. The molecule has 266 valence electrons. The zero-order chi connectivity index (χ0) is 36.1. The van der Waals surface area contributed by atoms with Crippen molar-refractivity contribution in [1.82, 2.24) is 0 Å². The zero-order valence-corrected chi connectivity index (χ0v) is 31.2. The molecule has 6 rings (SSSR count). The fourth-order valence-electron chi connectivity index (χ4n) is 5.37. The topological polar surface area (TPSA) is 85.0 Å². The van der Waals surface area contributed by atoms with Crippen LogP contribution in [-0.4, -0.2) is 39.9 Å². The fourth-order valence-corrected chi connectivity index (χ4v) is 7.44. The summed E-state index contributed by atoms with van der Waals surface area (Å²) in [5.41, 5.74) is 7.83. The van der Waals surface area contributed by atoms with Crippen molar-refractivity contribution >= 4 is 69.0 Å². The van der Waals surface area contributed by atoms with Crippen molar-refractivity contribution in [1.29, 1.82) is 0 Å². The van der Waals surface area contributed by atoms with Gasteiger partial charge in [0.15, 0.2) is 0 Å². The summed E-state index contributed by atoms with van der Waals surface area (Å²) in [5, 5.41) is 14.5. The van der Waals surface area contributed by atoms with Crippen LogP contribution in [-0.2, 0) is 0 Å². The number of ether oxygens (including phenoxy) is 4. The lowest BCUT2D eigenvalue weighted by Gasteiger charge is -2.19. The van der Waals surface area contributed by atoms with Crippen molar-refractivity contribution in [3.8, 4) is 23.0 Å². The van der Waals surface area contributed by atoms with Crippen LogP contribution in [0.25, 0.3) is 0 Å². The number of nitrogens with one attached hydrogen (secondary N) is 4. The van der Waals surface area contributed by atoms with Crippen LogP contribution >= 0.6 is 23.5 Å². The number of thioether (sulfide) groups is 2. The van der Waals surface area contributed by atoms with Crippen molar-refractivity contribution in [3.63, 3.8) is 0 Å². The summed E-state index contributed by atoms with van der Waals surface area (Å²) < 4.78 is 21.5. The lowest BCUT2D eigenvalue weighted by atomic mass is 10.2. The van der Waals surface area contributed by atoms with E-state index in [-0.39, 0.29) is 0 Å². The third kappa shape index (κ3) is 9.60. The number of para-hydroxylation sites is 2. The molecule has 0 atom stereocenters. The molecule has 0 aliphatic heterocycles. The first-order chi connectivity index (χ1) is 25.5. The van der Waals surface area contributed by atoms with Gasteiger partial charge in [0.2, 0.25) is 0 Å². The maximum absolute atomic E-state index is 5.39. The first-order valence-electron chi connectivity index (χ1n) is 16.7. The van der Waals surface area contributed by atoms with Gasteiger partial charge < -0.3 is 40.2 Å². The van der Waals surface area contributed by atoms with Gasteiger partial charge in [0.25, 0.3) is 0 Å². The van der Waals surface area contributed by atoms with Gasteiger partial charge in [-0.15, -0.1) is 23.5 Å². The average molecular weight is 731 g/mol. The number of hydrogen-bond acceptors (Lipinski definition) is 10. The number of anilines is 8. The minimum Gasteiger partial charge on any atom is -0.497 e. The molecule has 6 aromatic rings. The molecule has 0 saturated heterocycles. The Hall–Kier alpha value is -5.58. The highest BCUT2D eigenvalue weighted by Gasteiger charge is 2.14. The predicted octanol–water partition coefficient (Wildman–Crippen LogP) is 11.6. The van der Waals surface area contributed by atoms with Crippen LogP contribution in [0.4, 0.5) is 45.5 Å². The van der Waals surface area contributed by atoms with Gasteiger partial charge in [-0.25, -0.2) is 0 Å². The van der Waals surface area contributed by atoms with E-state index in [4.69, 9.17) is 18.9 Å². The molecule has 0 amide bonds. The molecule has 0 aliphatic carbocycles. The van der Waals surface area contributed by atoms with Crippen molar-refractivity contribution < 1.29 is 18.9 Å². The van der Waals surface area contributed by atoms with Crippen LogP contribution < -0.4 is 40.2 Å². The molecule has 10 heteroatoms. The molecule has 6 aromatic carbocycles. The Morgan fingerprint density at radius 1 is 0.365 bits per heavy atom. The molecule has 0 saturated carbocycles. The van der Waals surface area contributed by atoms with Crippen molar-refractivity contribution in [2.45, 2.75) is 9.79 Å². The SMILES string of the molecule is COc1ccc(Nc2cccc(SCCSc3cccc(Nc4ccc(OC)cc4)c3Nc3ccc(OC)cc3)c2Nc2ccc(OC)cc2)cc1. The average Bonchev–Trinajstić information content (AvgIpc) is 3.19. The van der Waals surface area contributed by atoms with Crippen LogP contribution in [0.2, 0.25) is 0 Å². The molecule has 0 radical (unpaired) electrons. The number of benzene rings is 6. The molecular weight excluding hydrogens is 689 g/mol. The molecular formula is C42H42N4O4S2. The Bertz CT molecular complexity index is 1880. The Kier molecular flexibility index (Phi) is 12.6. The maximum Gasteiger partial charge on any atom is 0.119 e. The van der Waals surface area contributed by atoms with E-state index < -0.39 is 0 Å². The van der Waals surface area contributed by atoms with E-state index in [0.29, 0.717) is 0 Å². The summed E-state index contributed by atoms with van der Waals surface area (Å²) in [7, 11) is 6.70. The van der Waals surface area contributed by atoms with E-state index in [0.717, 1.165) is 89.8 Å². The largest absolute Gasteiger partial charge is 0.497 e. The third-order valence-electron chi connectivity index (χ3n) is 8.11. The second-order valence-electron chi connectivity index (χ2n) is 11.5. The van der Waals surface area contributed by atoms with Gasteiger partial charge >= 0.3 is 0 Å². The van der Waals surface area contributed by atoms with Gasteiger partial charge in [0, 0.05) is 44.0 Å². The minimum absolute atomic E-state index is 0.811. The van der Waals surface area contributed by atoms with Gasteiger partial charge in [-0.2, -0.15) is 0 Å². The Morgan fingerprint density at radius 2 is 0.654 bits per heavy atom. The summed E-state index contributed by atoms with van der Waals surface area (Å²) in [6, 6.07) is 44.5. The monoisotopic (exact) mass is 730 g/mol. The van der Waals surface area contributed by atoms with Gasteiger partial charge in [-0.3, -0.25) is 0 Å².